The molecule has 24 heavy (non-hydrogen) atoms. The second-order valence-electron chi connectivity index (χ2n) is 8.33. The Bertz CT molecular complexity index is 445. The fraction of sp³-hybridized carbons (Fsp3) is 0.826. The molecule has 4 atom stereocenters. The first kappa shape index (κ1) is 19.6. The molecule has 2 rings (SSSR count). The summed E-state index contributed by atoms with van der Waals surface area (Å²) in [7, 11) is 0. The molecule has 1 heterocycles. The molecular formula is C23H41N. The molecule has 1 aliphatic heterocycles. The van der Waals surface area contributed by atoms with Gasteiger partial charge in [-0.05, 0) is 81.1 Å². The fourth-order valence-corrected chi connectivity index (χ4v) is 4.64. The Balaban J connectivity index is 2.15. The van der Waals surface area contributed by atoms with Crippen LogP contribution in [0, 0.1) is 17.8 Å². The molecule has 0 spiro atoms. The van der Waals surface area contributed by atoms with Crippen LogP contribution in [-0.2, 0) is 0 Å². The van der Waals surface area contributed by atoms with E-state index in [2.05, 4.69) is 46.0 Å². The van der Waals surface area contributed by atoms with Crippen molar-refractivity contribution in [1.82, 2.24) is 5.32 Å². The molecule has 1 nitrogen and oxygen atoms in total. The smallest absolute Gasteiger partial charge is 0.0289 e. The van der Waals surface area contributed by atoms with E-state index in [0.29, 0.717) is 6.04 Å². The first-order valence-corrected chi connectivity index (χ1v) is 10.8. The minimum absolute atomic E-state index is 0.683. The Kier molecular flexibility index (Phi) is 7.91. The van der Waals surface area contributed by atoms with Gasteiger partial charge in [0.05, 0.1) is 0 Å². The van der Waals surface area contributed by atoms with Gasteiger partial charge in [-0.3, -0.25) is 0 Å². The van der Waals surface area contributed by atoms with E-state index in [0.717, 1.165) is 17.8 Å². The average molecular weight is 332 g/mol. The molecule has 0 radical (unpaired) electrons. The summed E-state index contributed by atoms with van der Waals surface area (Å²) in [6.07, 6.45) is 15.7. The molecule has 0 saturated heterocycles. The van der Waals surface area contributed by atoms with Crippen LogP contribution in [-0.4, -0.2) is 6.04 Å². The van der Waals surface area contributed by atoms with Crippen molar-refractivity contribution in [3.8, 4) is 0 Å². The van der Waals surface area contributed by atoms with Crippen LogP contribution in [0.15, 0.2) is 22.9 Å². The maximum Gasteiger partial charge on any atom is 0.0289 e. The van der Waals surface area contributed by atoms with Gasteiger partial charge < -0.3 is 5.32 Å². The van der Waals surface area contributed by atoms with Crippen molar-refractivity contribution in [1.29, 1.82) is 0 Å². The normalized spacial score (nSPS) is 27.5. The molecule has 0 aromatic rings. The number of hydrogen-bond acceptors (Lipinski definition) is 1. The second kappa shape index (κ2) is 9.68. The lowest BCUT2D eigenvalue weighted by Gasteiger charge is -2.41. The third-order valence-corrected chi connectivity index (χ3v) is 6.82. The number of allylic oxidation sites excluding steroid dienone is 4. The van der Waals surface area contributed by atoms with E-state index in [9.17, 15) is 0 Å². The molecule has 1 aliphatic carbocycles. The van der Waals surface area contributed by atoms with Crippen LogP contribution in [0.2, 0.25) is 0 Å². The summed E-state index contributed by atoms with van der Waals surface area (Å²) < 4.78 is 0. The molecule has 1 N–H and O–H groups in total. The third-order valence-electron chi connectivity index (χ3n) is 6.82. The van der Waals surface area contributed by atoms with Gasteiger partial charge in [-0.1, -0.05) is 52.7 Å². The fourth-order valence-electron chi connectivity index (χ4n) is 4.64. The van der Waals surface area contributed by atoms with Gasteiger partial charge in [0.1, 0.15) is 0 Å². The summed E-state index contributed by atoms with van der Waals surface area (Å²) in [6.45, 7) is 12.0. The first-order valence-electron chi connectivity index (χ1n) is 10.8. The molecule has 0 aromatic heterocycles. The quantitative estimate of drug-likeness (QED) is 0.472. The van der Waals surface area contributed by atoms with Crippen LogP contribution in [0.3, 0.4) is 0 Å². The summed E-state index contributed by atoms with van der Waals surface area (Å²) in [5.74, 6) is 2.38. The maximum absolute atomic E-state index is 4.03. The highest BCUT2D eigenvalue weighted by molar-refractivity contribution is 5.23. The van der Waals surface area contributed by atoms with Gasteiger partial charge >= 0.3 is 0 Å². The van der Waals surface area contributed by atoms with Crippen molar-refractivity contribution in [2.75, 3.05) is 0 Å². The van der Waals surface area contributed by atoms with Gasteiger partial charge in [0.2, 0.25) is 0 Å². The molecule has 0 aromatic carbocycles. The van der Waals surface area contributed by atoms with E-state index < -0.39 is 0 Å². The number of nitrogens with one attached hydrogen (secondary N) is 1. The standard InChI is InChI=1S/C23H41N/c1-6-17(4)20-16-21(18(5)7-2)23(24-22(20)8-3)15-14-19-12-10-9-11-13-19/h12,17-18,20,22,24H,6-11,13-16H2,1-5H3/t17?,18-,20?,22?/m0/s1. The van der Waals surface area contributed by atoms with Gasteiger partial charge in [-0.15, -0.1) is 0 Å². The van der Waals surface area contributed by atoms with Crippen LogP contribution >= 0.6 is 0 Å². The maximum atomic E-state index is 4.03. The zero-order chi connectivity index (χ0) is 17.5. The average Bonchev–Trinajstić information content (AvgIpc) is 2.65. The monoisotopic (exact) mass is 331 g/mol. The van der Waals surface area contributed by atoms with E-state index >= 15 is 0 Å². The molecule has 3 unspecified atom stereocenters. The van der Waals surface area contributed by atoms with Crippen molar-refractivity contribution in [3.05, 3.63) is 22.9 Å². The van der Waals surface area contributed by atoms with Crippen molar-refractivity contribution < 1.29 is 0 Å². The lowest BCUT2D eigenvalue weighted by atomic mass is 9.74. The van der Waals surface area contributed by atoms with Gasteiger partial charge in [0, 0.05) is 11.7 Å². The molecule has 0 bridgehead atoms. The van der Waals surface area contributed by atoms with Crippen molar-refractivity contribution in [3.63, 3.8) is 0 Å². The van der Waals surface area contributed by atoms with Crippen molar-refractivity contribution in [2.45, 2.75) is 105 Å². The molecule has 0 saturated carbocycles. The first-order chi connectivity index (χ1) is 11.6. The SMILES string of the molecule is CCC(C)C1CC([C@@H](C)CC)=C(CCC2=CCCCC2)NC1CC. The zero-order valence-corrected chi connectivity index (χ0v) is 17.0. The van der Waals surface area contributed by atoms with Gasteiger partial charge in [-0.25, -0.2) is 0 Å². The molecule has 1 heteroatoms. The highest BCUT2D eigenvalue weighted by atomic mass is 15.0. The van der Waals surface area contributed by atoms with E-state index in [1.54, 1.807) is 16.8 Å². The van der Waals surface area contributed by atoms with E-state index in [1.165, 1.54) is 64.2 Å². The van der Waals surface area contributed by atoms with Gasteiger partial charge in [0.15, 0.2) is 0 Å². The minimum Gasteiger partial charge on any atom is -0.385 e. The molecule has 138 valence electrons. The van der Waals surface area contributed by atoms with E-state index in [4.69, 9.17) is 0 Å². The highest BCUT2D eigenvalue weighted by Gasteiger charge is 2.32. The highest BCUT2D eigenvalue weighted by Crippen LogP contribution is 2.38. The van der Waals surface area contributed by atoms with Crippen molar-refractivity contribution in [2.24, 2.45) is 17.8 Å². The Morgan fingerprint density at radius 1 is 1.08 bits per heavy atom. The molecule has 0 amide bonds. The minimum atomic E-state index is 0.683. The molecular weight excluding hydrogens is 290 g/mol. The summed E-state index contributed by atoms with van der Waals surface area (Å²) in [5.41, 5.74) is 5.09. The van der Waals surface area contributed by atoms with Crippen LogP contribution in [0.1, 0.15) is 98.8 Å². The summed E-state index contributed by atoms with van der Waals surface area (Å²) in [4.78, 5) is 0. The Morgan fingerprint density at radius 2 is 1.88 bits per heavy atom. The molecule has 0 fully saturated rings. The number of hydrogen-bond donors (Lipinski definition) is 1. The van der Waals surface area contributed by atoms with Gasteiger partial charge in [0.25, 0.3) is 0 Å². The Hall–Kier alpha value is -0.720. The number of rotatable bonds is 8. The predicted octanol–water partition coefficient (Wildman–Crippen LogP) is 7.00. The lowest BCUT2D eigenvalue weighted by molar-refractivity contribution is 0.232. The van der Waals surface area contributed by atoms with E-state index in [1.807, 2.05) is 0 Å². The largest absolute Gasteiger partial charge is 0.385 e. The van der Waals surface area contributed by atoms with Crippen LogP contribution in [0.25, 0.3) is 0 Å². The third kappa shape index (κ3) is 4.90. The van der Waals surface area contributed by atoms with E-state index in [-0.39, 0.29) is 0 Å². The topological polar surface area (TPSA) is 12.0 Å². The second-order valence-corrected chi connectivity index (χ2v) is 8.33. The lowest BCUT2D eigenvalue weighted by Crippen LogP contribution is -2.43. The zero-order valence-electron chi connectivity index (χ0n) is 17.0. The Morgan fingerprint density at radius 3 is 2.46 bits per heavy atom. The summed E-state index contributed by atoms with van der Waals surface area (Å²) >= 11 is 0. The van der Waals surface area contributed by atoms with Crippen molar-refractivity contribution >= 4 is 0 Å². The van der Waals surface area contributed by atoms with Gasteiger partial charge in [-0.2, -0.15) is 0 Å². The van der Waals surface area contributed by atoms with Crippen LogP contribution < -0.4 is 5.32 Å². The Labute approximate surface area is 151 Å². The van der Waals surface area contributed by atoms with Crippen LogP contribution in [0.5, 0.6) is 0 Å². The summed E-state index contributed by atoms with van der Waals surface area (Å²) in [5, 5.41) is 4.03. The molecule has 2 aliphatic rings. The summed E-state index contributed by atoms with van der Waals surface area (Å²) in [6, 6.07) is 0.683. The van der Waals surface area contributed by atoms with Crippen LogP contribution in [0.4, 0.5) is 0 Å². The predicted molar refractivity (Wildman–Crippen MR) is 107 cm³/mol.